The number of amides is 1. The van der Waals surface area contributed by atoms with Gasteiger partial charge in [-0.25, -0.2) is 9.36 Å². The van der Waals surface area contributed by atoms with E-state index in [1.54, 1.807) is 0 Å². The lowest BCUT2D eigenvalue weighted by Crippen LogP contribution is -2.43. The quantitative estimate of drug-likeness (QED) is 0.0281. The number of esters is 1. The molecule has 0 radical (unpaired) electrons. The van der Waals surface area contributed by atoms with Crippen LogP contribution in [0, 0.1) is 0 Å². The van der Waals surface area contributed by atoms with Crippen LogP contribution in [0.3, 0.4) is 0 Å². The number of carbonyl (C=O) groups is 3. The molecule has 0 heterocycles. The number of hydrogen-bond acceptors (Lipinski definition) is 8. The molecule has 284 valence electrons. The summed E-state index contributed by atoms with van der Waals surface area (Å²) in [6.45, 7) is 2.44. The Hall–Kier alpha value is -1.52. The Balaban J connectivity index is 3.83. The standard InChI is InChI=1S/C36H70NO10P/c1-3-5-7-9-10-11-12-13-14-15-16-17-18-19-20-21-22-23-24-25-27-34(39)37-33(36(41)42)31-47-48(43,44)46-30-32(38)29-45-35(40)28-26-8-6-4-2/h32-33,38H,3-31H2,1-2H3,(H,37,39)(H,41,42)(H,43,44). The van der Waals surface area contributed by atoms with Gasteiger partial charge in [0.15, 0.2) is 6.04 Å². The number of carboxylic acids is 1. The maximum absolute atomic E-state index is 12.2. The smallest absolute Gasteiger partial charge is 0.472 e. The van der Waals surface area contributed by atoms with Crippen molar-refractivity contribution in [1.82, 2.24) is 5.32 Å². The molecule has 0 saturated heterocycles. The normalized spacial score (nSPS) is 13.9. The molecule has 0 aromatic carbocycles. The zero-order valence-electron chi connectivity index (χ0n) is 30.3. The third-order valence-corrected chi connectivity index (χ3v) is 9.35. The van der Waals surface area contributed by atoms with E-state index in [1.165, 1.54) is 103 Å². The number of aliphatic hydroxyl groups excluding tert-OH is 1. The van der Waals surface area contributed by atoms with Crippen LogP contribution in [-0.2, 0) is 32.7 Å². The third-order valence-electron chi connectivity index (χ3n) is 8.40. The average Bonchev–Trinajstić information content (AvgIpc) is 3.05. The van der Waals surface area contributed by atoms with Crippen LogP contribution < -0.4 is 5.32 Å². The van der Waals surface area contributed by atoms with Crippen molar-refractivity contribution >= 4 is 25.7 Å². The summed E-state index contributed by atoms with van der Waals surface area (Å²) in [5.41, 5.74) is 0. The molecule has 4 N–H and O–H groups in total. The molecule has 0 aromatic heterocycles. The number of unbranched alkanes of at least 4 members (excludes halogenated alkanes) is 22. The van der Waals surface area contributed by atoms with Gasteiger partial charge in [0.05, 0.1) is 13.2 Å². The SMILES string of the molecule is CCCCCCCCCCCCCCCCCCCCCCC(=O)NC(COP(=O)(O)OCC(O)COC(=O)CCCCCC)C(=O)O. The molecule has 0 aromatic rings. The first kappa shape index (κ1) is 46.5. The summed E-state index contributed by atoms with van der Waals surface area (Å²) in [6.07, 6.45) is 27.8. The number of phosphoric acid groups is 1. The van der Waals surface area contributed by atoms with Gasteiger partial charge < -0.3 is 25.2 Å². The highest BCUT2D eigenvalue weighted by atomic mass is 31.2. The number of carbonyl (C=O) groups excluding carboxylic acids is 2. The Kier molecular flexibility index (Phi) is 31.6. The van der Waals surface area contributed by atoms with Gasteiger partial charge in [0.25, 0.3) is 0 Å². The molecule has 0 spiro atoms. The topological polar surface area (TPSA) is 169 Å². The molecule has 0 aliphatic carbocycles. The predicted octanol–water partition coefficient (Wildman–Crippen LogP) is 8.78. The number of aliphatic hydroxyl groups is 1. The van der Waals surface area contributed by atoms with Gasteiger partial charge in [0.1, 0.15) is 12.7 Å². The molecule has 0 aliphatic heterocycles. The van der Waals surface area contributed by atoms with Gasteiger partial charge >= 0.3 is 19.8 Å². The minimum atomic E-state index is -4.73. The van der Waals surface area contributed by atoms with E-state index in [4.69, 9.17) is 9.26 Å². The maximum atomic E-state index is 12.2. The lowest BCUT2D eigenvalue weighted by molar-refractivity contribution is -0.147. The second kappa shape index (κ2) is 32.7. The van der Waals surface area contributed by atoms with E-state index in [0.29, 0.717) is 12.8 Å². The molecule has 0 aliphatic rings. The highest BCUT2D eigenvalue weighted by Crippen LogP contribution is 2.43. The van der Waals surface area contributed by atoms with Crippen LogP contribution in [0.25, 0.3) is 0 Å². The zero-order valence-corrected chi connectivity index (χ0v) is 31.2. The minimum absolute atomic E-state index is 0.152. The fourth-order valence-electron chi connectivity index (χ4n) is 5.37. The summed E-state index contributed by atoms with van der Waals surface area (Å²) in [5, 5.41) is 21.6. The monoisotopic (exact) mass is 707 g/mol. The van der Waals surface area contributed by atoms with Gasteiger partial charge in [-0.3, -0.25) is 18.6 Å². The van der Waals surface area contributed by atoms with Gasteiger partial charge in [0.2, 0.25) is 5.91 Å². The molecule has 48 heavy (non-hydrogen) atoms. The van der Waals surface area contributed by atoms with Crippen LogP contribution in [0.15, 0.2) is 0 Å². The van der Waals surface area contributed by atoms with E-state index < -0.39 is 57.6 Å². The number of phosphoric ester groups is 1. The zero-order chi connectivity index (χ0) is 35.7. The van der Waals surface area contributed by atoms with E-state index in [1.807, 2.05) is 0 Å². The van der Waals surface area contributed by atoms with Crippen LogP contribution in [0.5, 0.6) is 0 Å². The number of hydrogen-bond donors (Lipinski definition) is 4. The molecule has 0 fully saturated rings. The first-order chi connectivity index (χ1) is 23.1. The largest absolute Gasteiger partial charge is 0.480 e. The summed E-state index contributed by atoms with van der Waals surface area (Å²) < 4.78 is 26.5. The van der Waals surface area contributed by atoms with Crippen molar-refractivity contribution in [2.75, 3.05) is 19.8 Å². The second-order valence-corrected chi connectivity index (χ2v) is 14.6. The first-order valence-electron chi connectivity index (χ1n) is 19.1. The molecular formula is C36H70NO10P. The van der Waals surface area contributed by atoms with Crippen LogP contribution in [0.4, 0.5) is 0 Å². The van der Waals surface area contributed by atoms with Crippen molar-refractivity contribution in [3.05, 3.63) is 0 Å². The number of carboxylic acid groups (broad SMARTS) is 1. The Labute approximate surface area is 291 Å². The Bertz CT molecular complexity index is 844. The molecule has 3 atom stereocenters. The van der Waals surface area contributed by atoms with Crippen LogP contribution >= 0.6 is 7.82 Å². The van der Waals surface area contributed by atoms with Crippen molar-refractivity contribution in [2.24, 2.45) is 0 Å². The van der Waals surface area contributed by atoms with E-state index in [2.05, 4.69) is 23.7 Å². The maximum Gasteiger partial charge on any atom is 0.472 e. The number of ether oxygens (including phenoxy) is 1. The van der Waals surface area contributed by atoms with Gasteiger partial charge in [-0.15, -0.1) is 0 Å². The van der Waals surface area contributed by atoms with Gasteiger partial charge in [-0.1, -0.05) is 155 Å². The molecule has 3 unspecified atom stereocenters. The first-order valence-corrected chi connectivity index (χ1v) is 20.6. The molecule has 0 bridgehead atoms. The molecule has 12 heteroatoms. The van der Waals surface area contributed by atoms with Crippen LogP contribution in [0.1, 0.15) is 181 Å². The molecule has 11 nitrogen and oxygen atoms in total. The van der Waals surface area contributed by atoms with E-state index in [-0.39, 0.29) is 12.8 Å². The second-order valence-electron chi connectivity index (χ2n) is 13.1. The highest BCUT2D eigenvalue weighted by molar-refractivity contribution is 7.47. The van der Waals surface area contributed by atoms with Crippen molar-refractivity contribution in [1.29, 1.82) is 0 Å². The molecule has 0 rings (SSSR count). The lowest BCUT2D eigenvalue weighted by atomic mass is 10.0. The number of aliphatic carboxylic acids is 1. The fourth-order valence-corrected chi connectivity index (χ4v) is 6.15. The van der Waals surface area contributed by atoms with Gasteiger partial charge in [0, 0.05) is 12.8 Å². The highest BCUT2D eigenvalue weighted by Gasteiger charge is 2.28. The van der Waals surface area contributed by atoms with E-state index in [9.17, 15) is 34.1 Å². The van der Waals surface area contributed by atoms with Crippen LogP contribution in [0.2, 0.25) is 0 Å². The predicted molar refractivity (Wildman–Crippen MR) is 190 cm³/mol. The van der Waals surface area contributed by atoms with Gasteiger partial charge in [-0.2, -0.15) is 0 Å². The molecule has 1 amide bonds. The van der Waals surface area contributed by atoms with E-state index in [0.717, 1.165) is 38.5 Å². The summed E-state index contributed by atoms with van der Waals surface area (Å²) >= 11 is 0. The number of rotatable bonds is 36. The Morgan fingerprint density at radius 2 is 0.958 bits per heavy atom. The summed E-state index contributed by atoms with van der Waals surface area (Å²) in [7, 11) is -4.73. The minimum Gasteiger partial charge on any atom is -0.480 e. The Morgan fingerprint density at radius 1 is 0.583 bits per heavy atom. The lowest BCUT2D eigenvalue weighted by Gasteiger charge is -2.18. The number of nitrogens with one attached hydrogen (secondary N) is 1. The third kappa shape index (κ3) is 31.7. The van der Waals surface area contributed by atoms with E-state index >= 15 is 0 Å². The molecule has 0 saturated carbocycles. The summed E-state index contributed by atoms with van der Waals surface area (Å²) in [5.74, 6) is -2.38. The fraction of sp³-hybridized carbons (Fsp3) is 0.917. The molecular weight excluding hydrogens is 637 g/mol. The average molecular weight is 708 g/mol. The van der Waals surface area contributed by atoms with Crippen molar-refractivity contribution in [3.8, 4) is 0 Å². The van der Waals surface area contributed by atoms with Crippen molar-refractivity contribution in [2.45, 2.75) is 193 Å². The van der Waals surface area contributed by atoms with Crippen LogP contribution in [-0.4, -0.2) is 64.9 Å². The van der Waals surface area contributed by atoms with Crippen molar-refractivity contribution in [3.63, 3.8) is 0 Å². The van der Waals surface area contributed by atoms with Gasteiger partial charge in [-0.05, 0) is 12.8 Å². The van der Waals surface area contributed by atoms with Crippen molar-refractivity contribution < 1.29 is 47.8 Å². The Morgan fingerprint density at radius 3 is 1.40 bits per heavy atom. The summed E-state index contributed by atoms with van der Waals surface area (Å²) in [6, 6.07) is -1.54. The summed E-state index contributed by atoms with van der Waals surface area (Å²) in [4.78, 5) is 45.3.